The zero-order valence-corrected chi connectivity index (χ0v) is 20.2. The maximum Gasteiger partial charge on any atom is 0.325 e. The number of nitrogens with zero attached hydrogens (tertiary/aromatic N) is 2. The van der Waals surface area contributed by atoms with Gasteiger partial charge in [0.25, 0.3) is 0 Å². The number of hydrogen-bond donors (Lipinski definition) is 3. The minimum atomic E-state index is -0.396. The normalized spacial score (nSPS) is 10.6. The van der Waals surface area contributed by atoms with Crippen molar-refractivity contribution < 1.29 is 19.1 Å². The van der Waals surface area contributed by atoms with Crippen LogP contribution in [0.4, 0.5) is 20.7 Å². The number of carbonyl (C=O) groups is 2. The summed E-state index contributed by atoms with van der Waals surface area (Å²) in [5.74, 6) is 1.34. The van der Waals surface area contributed by atoms with Crippen molar-refractivity contribution in [3.8, 4) is 11.5 Å². The first-order chi connectivity index (χ1) is 16.5. The van der Waals surface area contributed by atoms with Crippen molar-refractivity contribution in [3.63, 3.8) is 0 Å². The van der Waals surface area contributed by atoms with Gasteiger partial charge >= 0.3 is 6.03 Å². The SMILES string of the molecule is CCOc1ccc2nc(NC(=O)CCc3csc(NC(=O)Nc4ccc(OC)cc4)n3)sc2c1. The average molecular weight is 498 g/mol. The van der Waals surface area contributed by atoms with E-state index < -0.39 is 6.03 Å². The Labute approximate surface area is 204 Å². The highest BCUT2D eigenvalue weighted by molar-refractivity contribution is 7.22. The van der Waals surface area contributed by atoms with Crippen molar-refractivity contribution in [1.29, 1.82) is 0 Å². The summed E-state index contributed by atoms with van der Waals surface area (Å²) < 4.78 is 11.6. The number of urea groups is 1. The predicted molar refractivity (Wildman–Crippen MR) is 135 cm³/mol. The third-order valence-corrected chi connectivity index (χ3v) is 6.39. The average Bonchev–Trinajstić information content (AvgIpc) is 3.44. The number of aromatic nitrogens is 2. The molecule has 176 valence electrons. The molecule has 2 aromatic heterocycles. The van der Waals surface area contributed by atoms with E-state index in [0.29, 0.717) is 34.7 Å². The number of methoxy groups -OCH3 is 1. The summed E-state index contributed by atoms with van der Waals surface area (Å²) in [4.78, 5) is 33.4. The van der Waals surface area contributed by atoms with Crippen molar-refractivity contribution in [3.05, 3.63) is 53.5 Å². The van der Waals surface area contributed by atoms with E-state index in [9.17, 15) is 9.59 Å². The van der Waals surface area contributed by atoms with Gasteiger partial charge in [0.2, 0.25) is 5.91 Å². The lowest BCUT2D eigenvalue weighted by atomic mass is 10.2. The quantitative estimate of drug-likeness (QED) is 0.286. The molecule has 3 amide bonds. The van der Waals surface area contributed by atoms with Gasteiger partial charge in [0, 0.05) is 17.5 Å². The van der Waals surface area contributed by atoms with Gasteiger partial charge < -0.3 is 20.1 Å². The molecule has 0 atom stereocenters. The number of thiazole rings is 2. The van der Waals surface area contributed by atoms with Gasteiger partial charge in [0.15, 0.2) is 10.3 Å². The smallest absolute Gasteiger partial charge is 0.325 e. The molecule has 0 radical (unpaired) electrons. The van der Waals surface area contributed by atoms with Crippen LogP contribution in [0.15, 0.2) is 47.8 Å². The molecule has 4 aromatic rings. The zero-order valence-electron chi connectivity index (χ0n) is 18.6. The molecule has 0 aliphatic carbocycles. The summed E-state index contributed by atoms with van der Waals surface area (Å²) in [6.45, 7) is 2.52. The molecule has 0 saturated heterocycles. The molecule has 2 heterocycles. The van der Waals surface area contributed by atoms with Gasteiger partial charge in [-0.2, -0.15) is 0 Å². The Balaban J connectivity index is 1.25. The van der Waals surface area contributed by atoms with Crippen LogP contribution in [0.25, 0.3) is 10.2 Å². The van der Waals surface area contributed by atoms with Crippen LogP contribution in [0, 0.1) is 0 Å². The van der Waals surface area contributed by atoms with Gasteiger partial charge in [-0.3, -0.25) is 10.1 Å². The maximum absolute atomic E-state index is 12.4. The fourth-order valence-corrected chi connectivity index (χ4v) is 4.70. The summed E-state index contributed by atoms with van der Waals surface area (Å²) in [5.41, 5.74) is 2.17. The van der Waals surface area contributed by atoms with E-state index in [1.807, 2.05) is 30.5 Å². The van der Waals surface area contributed by atoms with Crippen molar-refractivity contribution in [2.75, 3.05) is 29.7 Å². The van der Waals surface area contributed by atoms with E-state index in [0.717, 1.165) is 21.7 Å². The summed E-state index contributed by atoms with van der Waals surface area (Å²) in [6.07, 6.45) is 0.699. The number of ether oxygens (including phenoxy) is 2. The summed E-state index contributed by atoms with van der Waals surface area (Å²) in [5, 5.41) is 11.1. The number of anilines is 3. The van der Waals surface area contributed by atoms with Crippen molar-refractivity contribution in [2.45, 2.75) is 19.8 Å². The Hall–Kier alpha value is -3.70. The third kappa shape index (κ3) is 6.21. The molecule has 34 heavy (non-hydrogen) atoms. The number of amides is 3. The highest BCUT2D eigenvalue weighted by Crippen LogP contribution is 2.29. The van der Waals surface area contributed by atoms with Crippen LogP contribution < -0.4 is 25.4 Å². The third-order valence-electron chi connectivity index (χ3n) is 4.65. The van der Waals surface area contributed by atoms with Gasteiger partial charge in [-0.1, -0.05) is 11.3 Å². The lowest BCUT2D eigenvalue weighted by molar-refractivity contribution is -0.116. The van der Waals surface area contributed by atoms with Crippen molar-refractivity contribution >= 4 is 60.8 Å². The second kappa shape index (κ2) is 10.9. The van der Waals surface area contributed by atoms with E-state index in [2.05, 4.69) is 25.9 Å². The van der Waals surface area contributed by atoms with Gasteiger partial charge in [0.05, 0.1) is 29.6 Å². The molecule has 0 aliphatic heterocycles. The van der Waals surface area contributed by atoms with Gasteiger partial charge in [-0.05, 0) is 55.8 Å². The molecule has 0 aliphatic rings. The van der Waals surface area contributed by atoms with E-state index in [4.69, 9.17) is 9.47 Å². The summed E-state index contributed by atoms with van der Waals surface area (Å²) in [7, 11) is 1.58. The van der Waals surface area contributed by atoms with Crippen LogP contribution >= 0.6 is 22.7 Å². The minimum absolute atomic E-state index is 0.149. The second-order valence-electron chi connectivity index (χ2n) is 7.08. The standard InChI is InChI=1S/C23H23N5O4S2/c1-3-32-17-9-10-18-19(12-17)34-23(26-18)27-20(29)11-6-15-13-33-22(25-15)28-21(30)24-14-4-7-16(31-2)8-5-14/h4-5,7-10,12-13H,3,6,11H2,1-2H3,(H,26,27,29)(H2,24,25,28,30). The molecule has 3 N–H and O–H groups in total. The first-order valence-corrected chi connectivity index (χ1v) is 12.2. The van der Waals surface area contributed by atoms with Gasteiger partial charge in [-0.15, -0.1) is 11.3 Å². The highest BCUT2D eigenvalue weighted by Gasteiger charge is 2.11. The maximum atomic E-state index is 12.4. The molecule has 0 saturated carbocycles. The van der Waals surface area contributed by atoms with Crippen LogP contribution in [0.5, 0.6) is 11.5 Å². The summed E-state index contributed by atoms with van der Waals surface area (Å²) >= 11 is 2.70. The molecule has 2 aromatic carbocycles. The molecular formula is C23H23N5O4S2. The Morgan fingerprint density at radius 3 is 2.53 bits per heavy atom. The molecule has 0 bridgehead atoms. The number of aryl methyl sites for hydroxylation is 1. The molecule has 0 spiro atoms. The number of hydrogen-bond acceptors (Lipinski definition) is 8. The molecule has 11 heteroatoms. The molecule has 4 rings (SSSR count). The number of benzene rings is 2. The lowest BCUT2D eigenvalue weighted by Gasteiger charge is -2.06. The topological polar surface area (TPSA) is 114 Å². The Kier molecular flexibility index (Phi) is 7.55. The second-order valence-corrected chi connectivity index (χ2v) is 8.97. The lowest BCUT2D eigenvalue weighted by Crippen LogP contribution is -2.19. The Morgan fingerprint density at radius 2 is 1.76 bits per heavy atom. The van der Waals surface area contributed by atoms with E-state index in [1.54, 1.807) is 31.4 Å². The predicted octanol–water partition coefficient (Wildman–Crippen LogP) is 5.38. The fraction of sp³-hybridized carbons (Fsp3) is 0.217. The first-order valence-electron chi connectivity index (χ1n) is 10.5. The van der Waals surface area contributed by atoms with Crippen LogP contribution in [0.3, 0.4) is 0 Å². The number of fused-ring (bicyclic) bond motifs is 1. The van der Waals surface area contributed by atoms with Crippen LogP contribution in [0.2, 0.25) is 0 Å². The monoisotopic (exact) mass is 497 g/mol. The fourth-order valence-electron chi connectivity index (χ4n) is 3.05. The molecule has 9 nitrogen and oxygen atoms in total. The van der Waals surface area contributed by atoms with E-state index in [-0.39, 0.29) is 12.3 Å². The van der Waals surface area contributed by atoms with E-state index in [1.165, 1.54) is 22.7 Å². The molecular weight excluding hydrogens is 474 g/mol. The molecule has 0 fully saturated rings. The number of carbonyl (C=O) groups excluding carboxylic acids is 2. The largest absolute Gasteiger partial charge is 0.497 e. The van der Waals surface area contributed by atoms with Crippen molar-refractivity contribution in [1.82, 2.24) is 9.97 Å². The highest BCUT2D eigenvalue weighted by atomic mass is 32.1. The van der Waals surface area contributed by atoms with E-state index >= 15 is 0 Å². The van der Waals surface area contributed by atoms with Crippen LogP contribution in [-0.4, -0.2) is 35.6 Å². The Bertz CT molecular complexity index is 1290. The van der Waals surface area contributed by atoms with Crippen molar-refractivity contribution in [2.24, 2.45) is 0 Å². The van der Waals surface area contributed by atoms with Crippen LogP contribution in [-0.2, 0) is 11.2 Å². The minimum Gasteiger partial charge on any atom is -0.497 e. The molecule has 0 unspecified atom stereocenters. The van der Waals surface area contributed by atoms with Gasteiger partial charge in [-0.25, -0.2) is 14.8 Å². The Morgan fingerprint density at radius 1 is 0.971 bits per heavy atom. The van der Waals surface area contributed by atoms with Gasteiger partial charge in [0.1, 0.15) is 11.5 Å². The first kappa shape index (κ1) is 23.5. The van der Waals surface area contributed by atoms with Crippen LogP contribution in [0.1, 0.15) is 19.0 Å². The summed E-state index contributed by atoms with van der Waals surface area (Å²) in [6, 6.07) is 12.3. The number of nitrogens with one attached hydrogen (secondary N) is 3. The zero-order chi connectivity index (χ0) is 23.9. The number of rotatable bonds is 9.